The van der Waals surface area contributed by atoms with Crippen LogP contribution in [0.5, 0.6) is 5.75 Å². The Balaban J connectivity index is 1.71. The molecule has 0 spiro atoms. The molecule has 3 rings (SSSR count). The number of carboxylic acid groups (broad SMARTS) is 1. The van der Waals surface area contributed by atoms with Crippen LogP contribution >= 0.6 is 0 Å². The standard InChI is InChI=1S/C17H20N4O4/c1-25-14-5-4-12(17(23)24)7-11(14)3-2-6-21-10-20-15-13(22)8-18-9-19-16(15)21/h4-5,7,9-10,13,22H,2-3,6,8H2,1H3,(H,18,19)(H,23,24). The predicted octanol–water partition coefficient (Wildman–Crippen LogP) is 1.71. The fourth-order valence-electron chi connectivity index (χ4n) is 2.86. The number of hydrogen-bond donors (Lipinski definition) is 3. The second kappa shape index (κ2) is 7.35. The van der Waals surface area contributed by atoms with E-state index in [1.54, 1.807) is 31.9 Å². The zero-order valence-corrected chi connectivity index (χ0v) is 13.8. The molecule has 2 aromatic rings. The second-order valence-corrected chi connectivity index (χ2v) is 5.76. The van der Waals surface area contributed by atoms with Gasteiger partial charge in [0, 0.05) is 6.54 Å². The molecule has 0 amide bonds. The summed E-state index contributed by atoms with van der Waals surface area (Å²) in [6.07, 6.45) is 3.96. The Morgan fingerprint density at radius 1 is 1.48 bits per heavy atom. The number of ether oxygens (including phenoxy) is 1. The molecule has 0 radical (unpaired) electrons. The minimum Gasteiger partial charge on any atom is -0.496 e. The van der Waals surface area contributed by atoms with Crippen molar-refractivity contribution in [1.29, 1.82) is 0 Å². The molecule has 25 heavy (non-hydrogen) atoms. The fourth-order valence-corrected chi connectivity index (χ4v) is 2.86. The lowest BCUT2D eigenvalue weighted by molar-refractivity contribution is 0.0696. The normalized spacial score (nSPS) is 16.0. The van der Waals surface area contributed by atoms with E-state index in [9.17, 15) is 9.90 Å². The predicted molar refractivity (Wildman–Crippen MR) is 92.4 cm³/mol. The average Bonchev–Trinajstić information content (AvgIpc) is 2.91. The summed E-state index contributed by atoms with van der Waals surface area (Å²) < 4.78 is 7.23. The van der Waals surface area contributed by atoms with Crippen LogP contribution in [-0.2, 0) is 13.0 Å². The Labute approximate surface area is 144 Å². The number of aliphatic imine (C=N–C) groups is 1. The van der Waals surface area contributed by atoms with Gasteiger partial charge in [-0.2, -0.15) is 0 Å². The van der Waals surface area contributed by atoms with Gasteiger partial charge < -0.3 is 24.8 Å². The number of imidazole rings is 1. The maximum absolute atomic E-state index is 11.1. The highest BCUT2D eigenvalue weighted by atomic mass is 16.5. The number of methoxy groups -OCH3 is 1. The zero-order chi connectivity index (χ0) is 17.8. The maximum atomic E-state index is 11.1. The number of hydrogen-bond acceptors (Lipinski definition) is 6. The molecule has 3 N–H and O–H groups in total. The van der Waals surface area contributed by atoms with Crippen molar-refractivity contribution in [2.24, 2.45) is 4.99 Å². The molecule has 1 aliphatic heterocycles. The van der Waals surface area contributed by atoms with E-state index >= 15 is 0 Å². The summed E-state index contributed by atoms with van der Waals surface area (Å²) in [7, 11) is 1.57. The number of aliphatic hydroxyl groups excluding tert-OH is 1. The van der Waals surface area contributed by atoms with E-state index in [0.717, 1.165) is 17.8 Å². The van der Waals surface area contributed by atoms with Gasteiger partial charge in [0.05, 0.1) is 31.9 Å². The molecule has 1 atom stereocenters. The molecular weight excluding hydrogens is 324 g/mol. The molecule has 8 nitrogen and oxygen atoms in total. The highest BCUT2D eigenvalue weighted by Gasteiger charge is 2.19. The number of rotatable bonds is 6. The van der Waals surface area contributed by atoms with Gasteiger partial charge in [0.25, 0.3) is 0 Å². The number of anilines is 1. The molecule has 0 fully saturated rings. The highest BCUT2D eigenvalue weighted by Crippen LogP contribution is 2.25. The van der Waals surface area contributed by atoms with Crippen LogP contribution < -0.4 is 10.1 Å². The van der Waals surface area contributed by atoms with Gasteiger partial charge in [0.15, 0.2) is 0 Å². The van der Waals surface area contributed by atoms with Crippen molar-refractivity contribution >= 4 is 18.1 Å². The van der Waals surface area contributed by atoms with Crippen LogP contribution in [0.3, 0.4) is 0 Å². The van der Waals surface area contributed by atoms with E-state index in [1.807, 2.05) is 4.57 Å². The molecule has 0 aliphatic carbocycles. The van der Waals surface area contributed by atoms with Crippen LogP contribution in [0.2, 0.25) is 0 Å². The molecule has 0 bridgehead atoms. The molecule has 0 saturated carbocycles. The fraction of sp³-hybridized carbons (Fsp3) is 0.353. The van der Waals surface area contributed by atoms with Crippen LogP contribution in [0.4, 0.5) is 5.82 Å². The summed E-state index contributed by atoms with van der Waals surface area (Å²) in [5.74, 6) is 0.455. The van der Waals surface area contributed by atoms with Gasteiger partial charge >= 0.3 is 5.97 Å². The monoisotopic (exact) mass is 344 g/mol. The van der Waals surface area contributed by atoms with E-state index in [4.69, 9.17) is 9.84 Å². The number of benzene rings is 1. The summed E-state index contributed by atoms with van der Waals surface area (Å²) in [5.41, 5.74) is 1.68. The van der Waals surface area contributed by atoms with Crippen molar-refractivity contribution in [3.05, 3.63) is 41.3 Å². The van der Waals surface area contributed by atoms with Crippen LogP contribution in [0.25, 0.3) is 0 Å². The first kappa shape index (κ1) is 17.0. The molecule has 1 aromatic carbocycles. The molecule has 132 valence electrons. The number of aromatic carboxylic acids is 1. The Hall–Kier alpha value is -2.87. The molecule has 2 heterocycles. The molecule has 1 aliphatic rings. The topological polar surface area (TPSA) is 109 Å². The van der Waals surface area contributed by atoms with E-state index in [2.05, 4.69) is 15.3 Å². The van der Waals surface area contributed by atoms with Crippen molar-refractivity contribution in [2.45, 2.75) is 25.5 Å². The average molecular weight is 344 g/mol. The first-order valence-electron chi connectivity index (χ1n) is 7.98. The minimum absolute atomic E-state index is 0.244. The van der Waals surface area contributed by atoms with Crippen LogP contribution in [-0.4, -0.2) is 45.7 Å². The van der Waals surface area contributed by atoms with Crippen molar-refractivity contribution in [2.75, 3.05) is 19.0 Å². The highest BCUT2D eigenvalue weighted by molar-refractivity contribution is 5.88. The van der Waals surface area contributed by atoms with E-state index < -0.39 is 12.1 Å². The van der Waals surface area contributed by atoms with Crippen molar-refractivity contribution in [3.63, 3.8) is 0 Å². The van der Waals surface area contributed by atoms with E-state index in [0.29, 0.717) is 24.4 Å². The van der Waals surface area contributed by atoms with Gasteiger partial charge in [-0.3, -0.25) is 4.99 Å². The molecular formula is C17H20N4O4. The summed E-state index contributed by atoms with van der Waals surface area (Å²) in [5, 5.41) is 22.2. The van der Waals surface area contributed by atoms with Gasteiger partial charge in [-0.25, -0.2) is 9.78 Å². The summed E-state index contributed by atoms with van der Waals surface area (Å²) in [6.45, 7) is 0.951. The van der Waals surface area contributed by atoms with Gasteiger partial charge in [0.1, 0.15) is 23.4 Å². The van der Waals surface area contributed by atoms with Crippen LogP contribution in [0.1, 0.15) is 34.1 Å². The van der Waals surface area contributed by atoms with Crippen LogP contribution in [0, 0.1) is 0 Å². The Bertz CT molecular complexity index is 800. The van der Waals surface area contributed by atoms with Gasteiger partial charge in [-0.15, -0.1) is 0 Å². The van der Waals surface area contributed by atoms with Crippen molar-refractivity contribution in [3.8, 4) is 5.75 Å². The summed E-state index contributed by atoms with van der Waals surface area (Å²) >= 11 is 0. The van der Waals surface area contributed by atoms with Crippen molar-refractivity contribution in [1.82, 2.24) is 9.55 Å². The van der Waals surface area contributed by atoms with Gasteiger partial charge in [-0.05, 0) is 36.6 Å². The first-order valence-corrected chi connectivity index (χ1v) is 7.98. The number of carbonyl (C=O) groups is 1. The molecule has 1 aromatic heterocycles. The lowest BCUT2D eigenvalue weighted by atomic mass is 10.0. The Morgan fingerprint density at radius 2 is 2.32 bits per heavy atom. The van der Waals surface area contributed by atoms with Crippen molar-refractivity contribution < 1.29 is 19.7 Å². The van der Waals surface area contributed by atoms with E-state index in [-0.39, 0.29) is 12.1 Å². The molecule has 8 heteroatoms. The Morgan fingerprint density at radius 3 is 3.08 bits per heavy atom. The third-order valence-corrected chi connectivity index (χ3v) is 4.13. The molecule has 1 unspecified atom stereocenters. The maximum Gasteiger partial charge on any atom is 0.335 e. The summed E-state index contributed by atoms with van der Waals surface area (Å²) in [6, 6.07) is 4.85. The quantitative estimate of drug-likeness (QED) is 0.736. The molecule has 0 saturated heterocycles. The SMILES string of the molecule is COc1ccc(C(=O)O)cc1CCCn1cnc2c1NC=NCC2O. The smallest absolute Gasteiger partial charge is 0.335 e. The zero-order valence-electron chi connectivity index (χ0n) is 13.8. The number of nitrogens with zero attached hydrogens (tertiary/aromatic N) is 3. The third-order valence-electron chi connectivity index (χ3n) is 4.13. The van der Waals surface area contributed by atoms with E-state index in [1.165, 1.54) is 6.07 Å². The largest absolute Gasteiger partial charge is 0.496 e. The first-order chi connectivity index (χ1) is 12.1. The minimum atomic E-state index is -0.957. The Kier molecular flexibility index (Phi) is 4.99. The lowest BCUT2D eigenvalue weighted by Crippen LogP contribution is -2.07. The number of aromatic nitrogens is 2. The number of aryl methyl sites for hydroxylation is 2. The number of carboxylic acids is 1. The summed E-state index contributed by atoms with van der Waals surface area (Å²) in [4.78, 5) is 19.4. The number of fused-ring (bicyclic) bond motifs is 1. The van der Waals surface area contributed by atoms with Gasteiger partial charge in [-0.1, -0.05) is 0 Å². The number of nitrogens with one attached hydrogen (secondary N) is 1. The van der Waals surface area contributed by atoms with Crippen LogP contribution in [0.15, 0.2) is 29.5 Å². The second-order valence-electron chi connectivity index (χ2n) is 5.76. The number of aliphatic hydroxyl groups is 1. The van der Waals surface area contributed by atoms with Gasteiger partial charge in [0.2, 0.25) is 0 Å². The lowest BCUT2D eigenvalue weighted by Gasteiger charge is -2.11. The third kappa shape index (κ3) is 3.63.